The summed E-state index contributed by atoms with van der Waals surface area (Å²) in [7, 11) is 1.69. The Morgan fingerprint density at radius 1 is 1.05 bits per heavy atom. The van der Waals surface area contributed by atoms with Crippen molar-refractivity contribution in [3.05, 3.63) is 64.7 Å². The summed E-state index contributed by atoms with van der Waals surface area (Å²) in [6.07, 6.45) is 0.827. The number of ether oxygens (including phenoxy) is 1. The van der Waals surface area contributed by atoms with Crippen molar-refractivity contribution in [1.29, 1.82) is 0 Å². The summed E-state index contributed by atoms with van der Waals surface area (Å²) in [5.41, 5.74) is 4.76. The molecule has 1 atom stereocenters. The van der Waals surface area contributed by atoms with E-state index in [1.807, 2.05) is 13.0 Å². The van der Waals surface area contributed by atoms with Gasteiger partial charge < -0.3 is 4.74 Å². The third-order valence-corrected chi connectivity index (χ3v) is 3.74. The lowest BCUT2D eigenvalue weighted by molar-refractivity contribution is 0.411. The molecule has 0 aromatic heterocycles. The fourth-order valence-electron chi connectivity index (χ4n) is 2.08. The summed E-state index contributed by atoms with van der Waals surface area (Å²) < 4.78 is 5.34. The quantitative estimate of drug-likeness (QED) is 0.725. The van der Waals surface area contributed by atoms with E-state index < -0.39 is 0 Å². The zero-order valence-electron chi connectivity index (χ0n) is 11.6. The molecule has 2 heteroatoms. The molecule has 0 fully saturated rings. The van der Waals surface area contributed by atoms with Crippen LogP contribution in [0.3, 0.4) is 0 Å². The zero-order valence-corrected chi connectivity index (χ0v) is 12.4. The van der Waals surface area contributed by atoms with E-state index in [0.717, 1.165) is 23.3 Å². The van der Waals surface area contributed by atoms with Crippen molar-refractivity contribution in [3.63, 3.8) is 0 Å². The van der Waals surface area contributed by atoms with Crippen molar-refractivity contribution in [1.82, 2.24) is 0 Å². The van der Waals surface area contributed by atoms with Crippen molar-refractivity contribution in [2.45, 2.75) is 25.6 Å². The number of aryl methyl sites for hydroxylation is 2. The van der Waals surface area contributed by atoms with Crippen LogP contribution in [-0.2, 0) is 6.42 Å². The SMILES string of the molecule is COc1cc(C(Cl)Cc2ccc(C)cc2)ccc1C. The highest BCUT2D eigenvalue weighted by Gasteiger charge is 2.11. The lowest BCUT2D eigenvalue weighted by atomic mass is 10.0. The van der Waals surface area contributed by atoms with Gasteiger partial charge in [0.2, 0.25) is 0 Å². The topological polar surface area (TPSA) is 9.23 Å². The van der Waals surface area contributed by atoms with Gasteiger partial charge in [0.1, 0.15) is 5.75 Å². The molecule has 0 saturated carbocycles. The summed E-state index contributed by atoms with van der Waals surface area (Å²) in [5, 5.41) is -0.0304. The van der Waals surface area contributed by atoms with Crippen molar-refractivity contribution < 1.29 is 4.74 Å². The van der Waals surface area contributed by atoms with Gasteiger partial charge in [0.25, 0.3) is 0 Å². The van der Waals surface area contributed by atoms with Crippen LogP contribution in [0.25, 0.3) is 0 Å². The van der Waals surface area contributed by atoms with E-state index in [0.29, 0.717) is 0 Å². The molecular formula is C17H19ClO. The van der Waals surface area contributed by atoms with Gasteiger partial charge >= 0.3 is 0 Å². The fourth-order valence-corrected chi connectivity index (χ4v) is 2.39. The second-order valence-corrected chi connectivity index (χ2v) is 5.41. The molecule has 0 aliphatic heterocycles. The van der Waals surface area contributed by atoms with Crippen LogP contribution >= 0.6 is 11.6 Å². The van der Waals surface area contributed by atoms with Crippen LogP contribution in [0.4, 0.5) is 0 Å². The maximum absolute atomic E-state index is 6.51. The number of alkyl halides is 1. The first-order valence-corrected chi connectivity index (χ1v) is 6.88. The molecule has 100 valence electrons. The van der Waals surface area contributed by atoms with Gasteiger partial charge in [-0.1, -0.05) is 42.0 Å². The van der Waals surface area contributed by atoms with Crippen LogP contribution in [0.1, 0.15) is 27.6 Å². The first-order valence-electron chi connectivity index (χ1n) is 6.44. The second-order valence-electron chi connectivity index (χ2n) is 4.89. The van der Waals surface area contributed by atoms with Gasteiger partial charge in [0, 0.05) is 0 Å². The van der Waals surface area contributed by atoms with Crippen LogP contribution < -0.4 is 4.74 Å². The maximum atomic E-state index is 6.51. The first kappa shape index (κ1) is 14.0. The Hall–Kier alpha value is -1.47. The molecule has 0 amide bonds. The lowest BCUT2D eigenvalue weighted by Crippen LogP contribution is -1.97. The van der Waals surface area contributed by atoms with Crippen molar-refractivity contribution >= 4 is 11.6 Å². The van der Waals surface area contributed by atoms with Crippen LogP contribution in [0.2, 0.25) is 0 Å². The monoisotopic (exact) mass is 274 g/mol. The van der Waals surface area contributed by atoms with Gasteiger partial charge in [0.15, 0.2) is 0 Å². The van der Waals surface area contributed by atoms with Crippen molar-refractivity contribution in [3.8, 4) is 5.75 Å². The van der Waals surface area contributed by atoms with Gasteiger partial charge in [-0.2, -0.15) is 0 Å². The van der Waals surface area contributed by atoms with Crippen LogP contribution in [0, 0.1) is 13.8 Å². The predicted molar refractivity (Wildman–Crippen MR) is 81.2 cm³/mol. The Morgan fingerprint density at radius 2 is 1.74 bits per heavy atom. The summed E-state index contributed by atoms with van der Waals surface area (Å²) in [4.78, 5) is 0. The van der Waals surface area contributed by atoms with Crippen molar-refractivity contribution in [2.75, 3.05) is 7.11 Å². The summed E-state index contributed by atoms with van der Waals surface area (Å²) in [5.74, 6) is 0.895. The molecule has 2 rings (SSSR count). The fraction of sp³-hybridized carbons (Fsp3) is 0.294. The molecule has 2 aromatic rings. The van der Waals surface area contributed by atoms with Gasteiger partial charge in [-0.15, -0.1) is 11.6 Å². The molecule has 0 radical (unpaired) electrons. The highest BCUT2D eigenvalue weighted by molar-refractivity contribution is 6.20. The normalized spacial score (nSPS) is 12.2. The minimum atomic E-state index is -0.0304. The Kier molecular flexibility index (Phi) is 4.49. The predicted octanol–water partition coefficient (Wildman–Crippen LogP) is 4.83. The molecule has 0 aliphatic rings. The number of methoxy groups -OCH3 is 1. The largest absolute Gasteiger partial charge is 0.496 e. The molecule has 2 aromatic carbocycles. The summed E-state index contributed by atoms with van der Waals surface area (Å²) in [6, 6.07) is 14.7. The van der Waals surface area contributed by atoms with E-state index in [2.05, 4.69) is 43.3 Å². The van der Waals surface area contributed by atoms with E-state index >= 15 is 0 Å². The van der Waals surface area contributed by atoms with E-state index in [9.17, 15) is 0 Å². The number of rotatable bonds is 4. The molecule has 0 heterocycles. The molecule has 0 aliphatic carbocycles. The van der Waals surface area contributed by atoms with Gasteiger partial charge in [-0.3, -0.25) is 0 Å². The third-order valence-electron chi connectivity index (χ3n) is 3.33. The molecular weight excluding hydrogens is 256 g/mol. The number of benzene rings is 2. The van der Waals surface area contributed by atoms with E-state index in [1.165, 1.54) is 11.1 Å². The van der Waals surface area contributed by atoms with E-state index in [1.54, 1.807) is 7.11 Å². The third kappa shape index (κ3) is 3.51. The Bertz CT molecular complexity index is 546. The number of hydrogen-bond acceptors (Lipinski definition) is 1. The summed E-state index contributed by atoms with van der Waals surface area (Å²) >= 11 is 6.51. The van der Waals surface area contributed by atoms with E-state index in [-0.39, 0.29) is 5.38 Å². The lowest BCUT2D eigenvalue weighted by Gasteiger charge is -2.13. The number of halogens is 1. The highest BCUT2D eigenvalue weighted by atomic mass is 35.5. The standard InChI is InChI=1S/C17H19ClO/c1-12-4-7-14(8-5-12)10-16(18)15-9-6-13(2)17(11-15)19-3/h4-9,11,16H,10H2,1-3H3. The first-order chi connectivity index (χ1) is 9.10. The molecule has 1 nitrogen and oxygen atoms in total. The smallest absolute Gasteiger partial charge is 0.122 e. The Balaban J connectivity index is 2.15. The van der Waals surface area contributed by atoms with Crippen LogP contribution in [0.15, 0.2) is 42.5 Å². The van der Waals surface area contributed by atoms with Crippen LogP contribution in [0.5, 0.6) is 5.75 Å². The molecule has 1 unspecified atom stereocenters. The molecule has 0 N–H and O–H groups in total. The Labute approximate surface area is 120 Å². The molecule has 0 spiro atoms. The van der Waals surface area contributed by atoms with Crippen molar-refractivity contribution in [2.24, 2.45) is 0 Å². The Morgan fingerprint density at radius 3 is 2.37 bits per heavy atom. The average molecular weight is 275 g/mol. The highest BCUT2D eigenvalue weighted by Crippen LogP contribution is 2.29. The minimum absolute atomic E-state index is 0.0304. The maximum Gasteiger partial charge on any atom is 0.122 e. The molecule has 0 saturated heterocycles. The number of hydrogen-bond donors (Lipinski definition) is 0. The molecule has 0 bridgehead atoms. The molecule has 19 heavy (non-hydrogen) atoms. The summed E-state index contributed by atoms with van der Waals surface area (Å²) in [6.45, 7) is 4.12. The minimum Gasteiger partial charge on any atom is -0.496 e. The van der Waals surface area contributed by atoms with Gasteiger partial charge in [-0.05, 0) is 43.0 Å². The zero-order chi connectivity index (χ0) is 13.8. The van der Waals surface area contributed by atoms with E-state index in [4.69, 9.17) is 16.3 Å². The average Bonchev–Trinajstić information content (AvgIpc) is 2.42. The van der Waals surface area contributed by atoms with Crippen LogP contribution in [-0.4, -0.2) is 7.11 Å². The second kappa shape index (κ2) is 6.12. The van der Waals surface area contributed by atoms with Gasteiger partial charge in [-0.25, -0.2) is 0 Å². The van der Waals surface area contributed by atoms with Gasteiger partial charge in [0.05, 0.1) is 12.5 Å².